The number of carbonyl (C=O) groups excluding carboxylic acids is 1. The van der Waals surface area contributed by atoms with Gasteiger partial charge in [0.15, 0.2) is 0 Å². The van der Waals surface area contributed by atoms with Gasteiger partial charge in [0.25, 0.3) is 5.91 Å². The monoisotopic (exact) mass is 301 g/mol. The molecule has 0 saturated carbocycles. The summed E-state index contributed by atoms with van der Waals surface area (Å²) < 4.78 is 10.8. The number of carbonyl (C=O) groups is 1. The average molecular weight is 301 g/mol. The molecule has 116 valence electrons. The van der Waals surface area contributed by atoms with Crippen molar-refractivity contribution in [3.05, 3.63) is 40.2 Å². The summed E-state index contributed by atoms with van der Waals surface area (Å²) in [6.45, 7) is 5.34. The number of fused-ring (bicyclic) bond motifs is 1. The lowest BCUT2D eigenvalue weighted by Crippen LogP contribution is -2.28. The third-order valence-corrected chi connectivity index (χ3v) is 3.71. The summed E-state index contributed by atoms with van der Waals surface area (Å²) in [4.78, 5) is 26.2. The summed E-state index contributed by atoms with van der Waals surface area (Å²) in [5, 5.41) is 0.646. The minimum absolute atomic E-state index is 0.0265. The average Bonchev–Trinajstić information content (AvgIpc) is 2.98. The largest absolute Gasteiger partial charge is 0.491 e. The third-order valence-electron chi connectivity index (χ3n) is 3.71. The first-order chi connectivity index (χ1) is 10.5. The van der Waals surface area contributed by atoms with Gasteiger partial charge in [0.05, 0.1) is 11.7 Å². The zero-order valence-electron chi connectivity index (χ0n) is 12.8. The van der Waals surface area contributed by atoms with Crippen LogP contribution in [0.3, 0.4) is 0 Å². The number of ether oxygens (including phenoxy) is 1. The molecule has 1 aromatic heterocycles. The second-order valence-corrected chi connectivity index (χ2v) is 5.80. The fourth-order valence-electron chi connectivity index (χ4n) is 2.76. The van der Waals surface area contributed by atoms with Crippen molar-refractivity contribution in [1.29, 1.82) is 0 Å². The van der Waals surface area contributed by atoms with Crippen molar-refractivity contribution in [3.8, 4) is 5.75 Å². The highest BCUT2D eigenvalue weighted by molar-refractivity contribution is 6.05. The number of likely N-dealkylation sites (tertiary alicyclic amines) is 1. The molecule has 1 aromatic carbocycles. The van der Waals surface area contributed by atoms with Gasteiger partial charge in [-0.25, -0.2) is 4.79 Å². The molecule has 0 unspecified atom stereocenters. The van der Waals surface area contributed by atoms with Crippen LogP contribution in [0.1, 0.15) is 37.0 Å². The molecule has 2 heterocycles. The summed E-state index contributed by atoms with van der Waals surface area (Å²) in [5.74, 6) is 0.518. The lowest BCUT2D eigenvalue weighted by Gasteiger charge is -2.16. The second-order valence-electron chi connectivity index (χ2n) is 5.80. The Morgan fingerprint density at radius 3 is 2.64 bits per heavy atom. The maximum absolute atomic E-state index is 12.6. The van der Waals surface area contributed by atoms with Crippen LogP contribution in [0.15, 0.2) is 33.5 Å². The lowest BCUT2D eigenvalue weighted by atomic mass is 10.1. The number of hydrogen-bond donors (Lipinski definition) is 0. The molecule has 0 bridgehead atoms. The van der Waals surface area contributed by atoms with E-state index in [1.807, 2.05) is 13.8 Å². The summed E-state index contributed by atoms with van der Waals surface area (Å²) in [7, 11) is 0. The summed E-state index contributed by atoms with van der Waals surface area (Å²) in [6.07, 6.45) is 2.05. The number of hydrogen-bond acceptors (Lipinski definition) is 4. The first kappa shape index (κ1) is 14.6. The molecule has 1 fully saturated rings. The van der Waals surface area contributed by atoms with Crippen LogP contribution in [-0.2, 0) is 0 Å². The van der Waals surface area contributed by atoms with E-state index in [1.54, 1.807) is 23.1 Å². The summed E-state index contributed by atoms with van der Waals surface area (Å²) >= 11 is 0. The van der Waals surface area contributed by atoms with Crippen LogP contribution >= 0.6 is 0 Å². The Labute approximate surface area is 128 Å². The van der Waals surface area contributed by atoms with Crippen LogP contribution in [0, 0.1) is 0 Å². The van der Waals surface area contributed by atoms with Crippen LogP contribution in [-0.4, -0.2) is 30.0 Å². The molecule has 1 aliphatic heterocycles. The van der Waals surface area contributed by atoms with Gasteiger partial charge in [-0.3, -0.25) is 4.79 Å². The molecule has 5 nitrogen and oxygen atoms in total. The van der Waals surface area contributed by atoms with Gasteiger partial charge in [0.2, 0.25) is 0 Å². The molecule has 1 saturated heterocycles. The number of amides is 1. The quantitative estimate of drug-likeness (QED) is 0.818. The van der Waals surface area contributed by atoms with Gasteiger partial charge in [-0.1, -0.05) is 0 Å². The molecule has 0 atom stereocenters. The molecule has 3 rings (SSSR count). The van der Waals surface area contributed by atoms with Gasteiger partial charge in [-0.2, -0.15) is 0 Å². The molecule has 22 heavy (non-hydrogen) atoms. The Morgan fingerprint density at radius 1 is 1.23 bits per heavy atom. The third kappa shape index (κ3) is 2.84. The molecule has 1 aliphatic rings. The van der Waals surface area contributed by atoms with Crippen molar-refractivity contribution in [2.75, 3.05) is 13.1 Å². The molecule has 1 amide bonds. The molecular formula is C17H19NO4. The summed E-state index contributed by atoms with van der Waals surface area (Å²) in [5.41, 5.74) is 0.272. The van der Waals surface area contributed by atoms with E-state index in [0.717, 1.165) is 25.9 Å². The fraction of sp³-hybridized carbons (Fsp3) is 0.412. The van der Waals surface area contributed by atoms with Crippen LogP contribution in [0.4, 0.5) is 0 Å². The number of nitrogens with zero attached hydrogens (tertiary/aromatic N) is 1. The van der Waals surface area contributed by atoms with E-state index < -0.39 is 5.63 Å². The Bertz CT molecular complexity index is 757. The Balaban J connectivity index is 2.06. The minimum atomic E-state index is -0.517. The van der Waals surface area contributed by atoms with Crippen molar-refractivity contribution in [2.45, 2.75) is 32.8 Å². The van der Waals surface area contributed by atoms with Gasteiger partial charge in [0, 0.05) is 30.6 Å². The Morgan fingerprint density at radius 2 is 1.95 bits per heavy atom. The predicted molar refractivity (Wildman–Crippen MR) is 83.4 cm³/mol. The maximum atomic E-state index is 12.6. The summed E-state index contributed by atoms with van der Waals surface area (Å²) in [6, 6.07) is 6.52. The Kier molecular flexibility index (Phi) is 3.88. The molecule has 2 aromatic rings. The smallest absolute Gasteiger partial charge is 0.337 e. The van der Waals surface area contributed by atoms with Crippen molar-refractivity contribution >= 4 is 16.9 Å². The van der Waals surface area contributed by atoms with E-state index in [4.69, 9.17) is 9.15 Å². The zero-order valence-corrected chi connectivity index (χ0v) is 12.8. The van der Waals surface area contributed by atoms with Gasteiger partial charge >= 0.3 is 5.63 Å². The molecule has 5 heteroatoms. The zero-order chi connectivity index (χ0) is 15.7. The molecular weight excluding hydrogens is 282 g/mol. The van der Waals surface area contributed by atoms with E-state index >= 15 is 0 Å². The molecule has 0 radical (unpaired) electrons. The van der Waals surface area contributed by atoms with E-state index in [1.165, 1.54) is 6.07 Å². The lowest BCUT2D eigenvalue weighted by molar-refractivity contribution is 0.0794. The van der Waals surface area contributed by atoms with Crippen molar-refractivity contribution in [3.63, 3.8) is 0 Å². The van der Waals surface area contributed by atoms with Crippen LogP contribution < -0.4 is 10.4 Å². The number of rotatable bonds is 3. The number of benzene rings is 1. The first-order valence-electron chi connectivity index (χ1n) is 7.58. The van der Waals surface area contributed by atoms with Gasteiger partial charge in [-0.15, -0.1) is 0 Å². The van der Waals surface area contributed by atoms with E-state index in [2.05, 4.69) is 0 Å². The first-order valence-corrected chi connectivity index (χ1v) is 7.58. The van der Waals surface area contributed by atoms with Crippen LogP contribution in [0.25, 0.3) is 11.0 Å². The normalized spacial score (nSPS) is 14.8. The van der Waals surface area contributed by atoms with E-state index in [0.29, 0.717) is 22.3 Å². The highest BCUT2D eigenvalue weighted by atomic mass is 16.5. The topological polar surface area (TPSA) is 59.8 Å². The molecule has 0 spiro atoms. The SMILES string of the molecule is CC(C)Oc1ccc2c(C(=O)N3CCCC3)cc(=O)oc2c1. The van der Waals surface area contributed by atoms with Gasteiger partial charge < -0.3 is 14.1 Å². The fourth-order valence-corrected chi connectivity index (χ4v) is 2.76. The standard InChI is InChI=1S/C17H19NO4/c1-11(2)21-12-5-6-13-14(10-16(19)22-15(13)9-12)17(20)18-7-3-4-8-18/h5-6,9-11H,3-4,7-8H2,1-2H3. The van der Waals surface area contributed by atoms with E-state index in [9.17, 15) is 9.59 Å². The molecule has 0 N–H and O–H groups in total. The van der Waals surface area contributed by atoms with Crippen molar-refractivity contribution < 1.29 is 13.9 Å². The second kappa shape index (κ2) is 5.83. The van der Waals surface area contributed by atoms with E-state index in [-0.39, 0.29) is 12.0 Å². The predicted octanol–water partition coefficient (Wildman–Crippen LogP) is 2.82. The van der Waals surface area contributed by atoms with Crippen molar-refractivity contribution in [1.82, 2.24) is 4.90 Å². The van der Waals surface area contributed by atoms with Crippen LogP contribution in [0.2, 0.25) is 0 Å². The minimum Gasteiger partial charge on any atom is -0.491 e. The van der Waals surface area contributed by atoms with Crippen molar-refractivity contribution in [2.24, 2.45) is 0 Å². The van der Waals surface area contributed by atoms with Crippen LogP contribution in [0.5, 0.6) is 5.75 Å². The Hall–Kier alpha value is -2.30. The van der Waals surface area contributed by atoms with Gasteiger partial charge in [0.1, 0.15) is 11.3 Å². The highest BCUT2D eigenvalue weighted by Gasteiger charge is 2.22. The maximum Gasteiger partial charge on any atom is 0.337 e. The van der Waals surface area contributed by atoms with Gasteiger partial charge in [-0.05, 0) is 38.8 Å². The molecule has 0 aliphatic carbocycles. The highest BCUT2D eigenvalue weighted by Crippen LogP contribution is 2.25.